The molecule has 158 valence electrons. The summed E-state index contributed by atoms with van der Waals surface area (Å²) >= 11 is 1.67. The number of anilines is 1. The average Bonchev–Trinajstić information content (AvgIpc) is 3.23. The fourth-order valence-electron chi connectivity index (χ4n) is 3.76. The van der Waals surface area contributed by atoms with Crippen LogP contribution in [0.15, 0.2) is 36.4 Å². The highest BCUT2D eigenvalue weighted by atomic mass is 32.1. The van der Waals surface area contributed by atoms with Gasteiger partial charge in [-0.25, -0.2) is 4.98 Å². The number of amides is 1. The van der Waals surface area contributed by atoms with Crippen LogP contribution in [-0.4, -0.2) is 44.7 Å². The van der Waals surface area contributed by atoms with Crippen molar-refractivity contribution in [3.05, 3.63) is 47.5 Å². The zero-order chi connectivity index (χ0) is 20.9. The largest absolute Gasteiger partial charge is 0.497 e. The van der Waals surface area contributed by atoms with E-state index in [4.69, 9.17) is 14.5 Å². The number of aromatic nitrogens is 1. The van der Waals surface area contributed by atoms with Gasteiger partial charge in [-0.05, 0) is 67.6 Å². The van der Waals surface area contributed by atoms with Crippen molar-refractivity contribution in [2.24, 2.45) is 0 Å². The van der Waals surface area contributed by atoms with Gasteiger partial charge in [0.05, 0.1) is 24.4 Å². The van der Waals surface area contributed by atoms with E-state index < -0.39 is 0 Å². The van der Waals surface area contributed by atoms with E-state index in [0.29, 0.717) is 18.5 Å². The van der Waals surface area contributed by atoms with Crippen molar-refractivity contribution in [3.8, 4) is 11.5 Å². The van der Waals surface area contributed by atoms with Gasteiger partial charge < -0.3 is 19.7 Å². The molecule has 0 atom stereocenters. The quantitative estimate of drug-likeness (QED) is 0.612. The molecule has 1 N–H and O–H groups in total. The number of thiazole rings is 1. The number of ether oxygens (including phenoxy) is 2. The maximum atomic E-state index is 12.7. The summed E-state index contributed by atoms with van der Waals surface area (Å²) in [5.41, 5.74) is 2.62. The molecule has 4 rings (SSSR count). The van der Waals surface area contributed by atoms with Gasteiger partial charge in [0.25, 0.3) is 5.91 Å². The van der Waals surface area contributed by atoms with Crippen LogP contribution in [0.4, 0.5) is 5.13 Å². The maximum absolute atomic E-state index is 12.7. The second kappa shape index (κ2) is 9.34. The van der Waals surface area contributed by atoms with Crippen molar-refractivity contribution in [2.45, 2.75) is 25.7 Å². The second-order valence-electron chi connectivity index (χ2n) is 7.41. The summed E-state index contributed by atoms with van der Waals surface area (Å²) in [5.74, 6) is 1.49. The van der Waals surface area contributed by atoms with Crippen LogP contribution in [0.3, 0.4) is 0 Å². The molecule has 1 amide bonds. The number of benzene rings is 2. The highest BCUT2D eigenvalue weighted by Gasteiger charge is 2.16. The zero-order valence-electron chi connectivity index (χ0n) is 17.4. The van der Waals surface area contributed by atoms with Gasteiger partial charge in [0.2, 0.25) is 0 Å². The molecule has 6 nitrogen and oxygen atoms in total. The topological polar surface area (TPSA) is 63.7 Å². The molecule has 2 aromatic carbocycles. The van der Waals surface area contributed by atoms with Crippen LogP contribution >= 0.6 is 11.3 Å². The van der Waals surface area contributed by atoms with Crippen molar-refractivity contribution in [1.29, 1.82) is 0 Å². The summed E-state index contributed by atoms with van der Waals surface area (Å²) < 4.78 is 11.7. The summed E-state index contributed by atoms with van der Waals surface area (Å²) in [6, 6.07) is 11.4. The van der Waals surface area contributed by atoms with Crippen LogP contribution in [0, 0.1) is 0 Å². The van der Waals surface area contributed by atoms with Crippen LogP contribution in [0.2, 0.25) is 0 Å². The Bertz CT molecular complexity index is 1030. The smallest absolute Gasteiger partial charge is 0.251 e. The molecule has 1 fully saturated rings. The van der Waals surface area contributed by atoms with Gasteiger partial charge in [0.15, 0.2) is 5.13 Å². The Morgan fingerprint density at radius 3 is 2.70 bits per heavy atom. The molecule has 1 aliphatic rings. The van der Waals surface area contributed by atoms with E-state index in [1.54, 1.807) is 25.6 Å². The lowest BCUT2D eigenvalue weighted by molar-refractivity contribution is 0.0954. The summed E-state index contributed by atoms with van der Waals surface area (Å²) in [7, 11) is 3.28. The Morgan fingerprint density at radius 1 is 1.10 bits per heavy atom. The summed E-state index contributed by atoms with van der Waals surface area (Å²) in [6.07, 6.45) is 4.41. The third-order valence-corrected chi connectivity index (χ3v) is 6.51. The van der Waals surface area contributed by atoms with E-state index in [1.807, 2.05) is 36.4 Å². The predicted molar refractivity (Wildman–Crippen MR) is 121 cm³/mol. The minimum absolute atomic E-state index is 0.0771. The molecule has 30 heavy (non-hydrogen) atoms. The van der Waals surface area contributed by atoms with Crippen LogP contribution in [-0.2, 0) is 6.42 Å². The Morgan fingerprint density at radius 2 is 1.93 bits per heavy atom. The zero-order valence-corrected chi connectivity index (χ0v) is 18.3. The minimum Gasteiger partial charge on any atom is -0.497 e. The van der Waals surface area contributed by atoms with E-state index in [1.165, 1.54) is 19.3 Å². The normalized spacial score (nSPS) is 14.0. The molecule has 1 aliphatic heterocycles. The third kappa shape index (κ3) is 4.51. The van der Waals surface area contributed by atoms with E-state index in [9.17, 15) is 4.79 Å². The highest BCUT2D eigenvalue weighted by Crippen LogP contribution is 2.31. The van der Waals surface area contributed by atoms with Gasteiger partial charge in [-0.1, -0.05) is 11.3 Å². The number of piperidine rings is 1. The van der Waals surface area contributed by atoms with Gasteiger partial charge >= 0.3 is 0 Å². The standard InChI is InChI=1S/C23H27N3O3S/c1-28-18-7-9-20(29-2)16(14-18)10-11-24-22(27)17-6-8-19-21(15-17)30-23(25-19)26-12-4-3-5-13-26/h6-9,14-15H,3-5,10-13H2,1-2H3,(H,24,27). The van der Waals surface area contributed by atoms with E-state index in [2.05, 4.69) is 10.2 Å². The maximum Gasteiger partial charge on any atom is 0.251 e. The van der Waals surface area contributed by atoms with Crippen LogP contribution in [0.1, 0.15) is 35.2 Å². The number of methoxy groups -OCH3 is 2. The Hall–Kier alpha value is -2.80. The summed E-state index contributed by atoms with van der Waals surface area (Å²) in [4.78, 5) is 19.8. The highest BCUT2D eigenvalue weighted by molar-refractivity contribution is 7.22. The third-order valence-electron chi connectivity index (χ3n) is 5.43. The molecule has 0 aliphatic carbocycles. The number of nitrogens with zero attached hydrogens (tertiary/aromatic N) is 2. The van der Waals surface area contributed by atoms with Crippen LogP contribution in [0.25, 0.3) is 10.2 Å². The number of rotatable bonds is 7. The van der Waals surface area contributed by atoms with Crippen LogP contribution < -0.4 is 19.7 Å². The number of carbonyl (C=O) groups is 1. The molecule has 1 saturated heterocycles. The molecular formula is C23H27N3O3S. The fraction of sp³-hybridized carbons (Fsp3) is 0.391. The molecule has 0 spiro atoms. The molecule has 2 heterocycles. The number of hydrogen-bond donors (Lipinski definition) is 1. The minimum atomic E-state index is -0.0771. The van der Waals surface area contributed by atoms with Crippen molar-refractivity contribution in [3.63, 3.8) is 0 Å². The lowest BCUT2D eigenvalue weighted by atomic mass is 10.1. The van der Waals surface area contributed by atoms with Crippen molar-refractivity contribution in [1.82, 2.24) is 10.3 Å². The molecule has 0 saturated carbocycles. The SMILES string of the molecule is COc1ccc(OC)c(CCNC(=O)c2ccc3nc(N4CCCCC4)sc3c2)c1. The summed E-state index contributed by atoms with van der Waals surface area (Å²) in [5, 5.41) is 4.07. The number of nitrogens with one attached hydrogen (secondary N) is 1. The molecule has 0 radical (unpaired) electrons. The molecule has 1 aromatic heterocycles. The average molecular weight is 426 g/mol. The van der Waals surface area contributed by atoms with Crippen LogP contribution in [0.5, 0.6) is 11.5 Å². The second-order valence-corrected chi connectivity index (χ2v) is 8.42. The Balaban J connectivity index is 1.41. The predicted octanol–water partition coefficient (Wildman–Crippen LogP) is 4.28. The van der Waals surface area contributed by atoms with Gasteiger partial charge in [0, 0.05) is 25.2 Å². The van der Waals surface area contributed by atoms with Crippen molar-refractivity contribution >= 4 is 32.6 Å². The lowest BCUT2D eigenvalue weighted by Gasteiger charge is -2.25. The Kier molecular flexibility index (Phi) is 6.38. The molecular weight excluding hydrogens is 398 g/mol. The summed E-state index contributed by atoms with van der Waals surface area (Å²) in [6.45, 7) is 2.66. The van der Waals surface area contributed by atoms with Gasteiger partial charge in [-0.3, -0.25) is 4.79 Å². The van der Waals surface area contributed by atoms with Gasteiger partial charge in [-0.15, -0.1) is 0 Å². The lowest BCUT2D eigenvalue weighted by Crippen LogP contribution is -2.29. The van der Waals surface area contributed by atoms with Crippen molar-refractivity contribution in [2.75, 3.05) is 38.8 Å². The monoisotopic (exact) mass is 425 g/mol. The number of carbonyl (C=O) groups excluding carboxylic acids is 1. The first-order chi connectivity index (χ1) is 14.7. The van der Waals surface area contributed by atoms with Gasteiger partial charge in [0.1, 0.15) is 11.5 Å². The molecule has 3 aromatic rings. The van der Waals surface area contributed by atoms with E-state index >= 15 is 0 Å². The van der Waals surface area contributed by atoms with E-state index in [-0.39, 0.29) is 5.91 Å². The Labute approximate surface area is 180 Å². The molecule has 7 heteroatoms. The van der Waals surface area contributed by atoms with Gasteiger partial charge in [-0.2, -0.15) is 0 Å². The first kappa shape index (κ1) is 20.5. The first-order valence-corrected chi connectivity index (χ1v) is 11.1. The number of hydrogen-bond acceptors (Lipinski definition) is 6. The first-order valence-electron chi connectivity index (χ1n) is 10.3. The molecule has 0 bridgehead atoms. The van der Waals surface area contributed by atoms with Crippen molar-refractivity contribution < 1.29 is 14.3 Å². The fourth-order valence-corrected chi connectivity index (χ4v) is 4.82. The van der Waals surface area contributed by atoms with E-state index in [0.717, 1.165) is 45.5 Å². The molecule has 0 unspecified atom stereocenters. The number of fused-ring (bicyclic) bond motifs is 1.